The van der Waals surface area contributed by atoms with Gasteiger partial charge in [-0.25, -0.2) is 0 Å². The fourth-order valence-corrected chi connectivity index (χ4v) is 3.23. The highest BCUT2D eigenvalue weighted by Gasteiger charge is 2.48. The summed E-state index contributed by atoms with van der Waals surface area (Å²) >= 11 is 0. The van der Waals surface area contributed by atoms with Gasteiger partial charge in [0, 0.05) is 5.92 Å². The van der Waals surface area contributed by atoms with Crippen molar-refractivity contribution >= 4 is 5.90 Å². The molecule has 2 bridgehead atoms. The van der Waals surface area contributed by atoms with E-state index in [0.717, 1.165) is 18.3 Å². The van der Waals surface area contributed by atoms with Crippen molar-refractivity contribution in [2.75, 3.05) is 7.11 Å². The number of nitrogens with zero attached hydrogens (tertiary/aromatic N) is 1. The van der Waals surface area contributed by atoms with E-state index in [-0.39, 0.29) is 0 Å². The molecule has 0 spiro atoms. The van der Waals surface area contributed by atoms with Crippen molar-refractivity contribution in [3.63, 3.8) is 0 Å². The minimum absolute atomic E-state index is 0.378. The van der Waals surface area contributed by atoms with Crippen LogP contribution in [0.15, 0.2) is 5.16 Å². The molecule has 2 rings (SSSR count). The second kappa shape index (κ2) is 3.20. The summed E-state index contributed by atoms with van der Waals surface area (Å²) in [6.45, 7) is 2.31. The van der Waals surface area contributed by atoms with Crippen LogP contribution < -0.4 is 0 Å². The van der Waals surface area contributed by atoms with E-state index in [1.165, 1.54) is 12.8 Å². The first kappa shape index (κ1) is 8.85. The number of rotatable bonds is 1. The van der Waals surface area contributed by atoms with E-state index in [1.54, 1.807) is 7.11 Å². The molecule has 2 aliphatic carbocycles. The first-order valence-corrected chi connectivity index (χ1v) is 5.03. The predicted molar refractivity (Wildman–Crippen MR) is 49.7 cm³/mol. The monoisotopic (exact) mass is 183 g/mol. The Balaban J connectivity index is 2.12. The van der Waals surface area contributed by atoms with Crippen LogP contribution >= 0.6 is 0 Å². The summed E-state index contributed by atoms with van der Waals surface area (Å²) in [4.78, 5) is 0. The Morgan fingerprint density at radius 1 is 1.46 bits per heavy atom. The van der Waals surface area contributed by atoms with E-state index in [2.05, 4.69) is 12.1 Å². The van der Waals surface area contributed by atoms with Crippen LogP contribution in [0.1, 0.15) is 26.2 Å². The summed E-state index contributed by atoms with van der Waals surface area (Å²) in [5, 5.41) is 12.0. The predicted octanol–water partition coefficient (Wildman–Crippen LogP) is 2.10. The van der Waals surface area contributed by atoms with Gasteiger partial charge in [0.2, 0.25) is 5.90 Å². The molecule has 0 aromatic heterocycles. The van der Waals surface area contributed by atoms with E-state index < -0.39 is 0 Å². The van der Waals surface area contributed by atoms with Crippen molar-refractivity contribution < 1.29 is 9.94 Å². The SMILES string of the molecule is CO/C(=N\O)C1CC2CCC1C2C. The molecule has 0 heterocycles. The third kappa shape index (κ3) is 1.21. The topological polar surface area (TPSA) is 41.8 Å². The maximum Gasteiger partial charge on any atom is 0.228 e. The summed E-state index contributed by atoms with van der Waals surface area (Å²) in [7, 11) is 1.59. The number of methoxy groups -OCH3 is 1. The van der Waals surface area contributed by atoms with Gasteiger partial charge in [-0.3, -0.25) is 0 Å². The number of hydrogen-bond donors (Lipinski definition) is 1. The molecule has 0 aromatic rings. The molecule has 2 fully saturated rings. The molecule has 4 atom stereocenters. The molecule has 3 heteroatoms. The van der Waals surface area contributed by atoms with E-state index in [9.17, 15) is 0 Å². The van der Waals surface area contributed by atoms with Crippen LogP contribution in [0.2, 0.25) is 0 Å². The molecule has 0 radical (unpaired) electrons. The van der Waals surface area contributed by atoms with Crippen LogP contribution in [0.5, 0.6) is 0 Å². The van der Waals surface area contributed by atoms with Crippen LogP contribution in [0.4, 0.5) is 0 Å². The highest BCUT2D eigenvalue weighted by atomic mass is 16.5. The molecule has 0 saturated heterocycles. The van der Waals surface area contributed by atoms with Gasteiger partial charge in [-0.1, -0.05) is 12.1 Å². The number of ether oxygens (including phenoxy) is 1. The van der Waals surface area contributed by atoms with Crippen molar-refractivity contribution in [3.05, 3.63) is 0 Å². The highest BCUT2D eigenvalue weighted by molar-refractivity contribution is 5.78. The molecule has 13 heavy (non-hydrogen) atoms. The minimum atomic E-state index is 0.378. The molecule has 0 amide bonds. The van der Waals surface area contributed by atoms with Crippen LogP contribution in [0.3, 0.4) is 0 Å². The Morgan fingerprint density at radius 3 is 2.62 bits per heavy atom. The molecule has 4 unspecified atom stereocenters. The molecule has 0 aromatic carbocycles. The van der Waals surface area contributed by atoms with Crippen molar-refractivity contribution in [3.8, 4) is 0 Å². The average molecular weight is 183 g/mol. The third-order valence-corrected chi connectivity index (χ3v) is 3.99. The lowest BCUT2D eigenvalue weighted by molar-refractivity contribution is 0.250. The zero-order valence-corrected chi connectivity index (χ0v) is 8.23. The van der Waals surface area contributed by atoms with E-state index >= 15 is 0 Å². The van der Waals surface area contributed by atoms with Gasteiger partial charge in [0.05, 0.1) is 7.11 Å². The van der Waals surface area contributed by atoms with Crippen LogP contribution in [0.25, 0.3) is 0 Å². The second-order valence-corrected chi connectivity index (χ2v) is 4.34. The normalized spacial score (nSPS) is 44.0. The van der Waals surface area contributed by atoms with Crippen molar-refractivity contribution in [1.82, 2.24) is 0 Å². The highest BCUT2D eigenvalue weighted by Crippen LogP contribution is 2.52. The van der Waals surface area contributed by atoms with Crippen LogP contribution in [-0.2, 0) is 4.74 Å². The Kier molecular flexibility index (Phi) is 2.18. The molecule has 3 nitrogen and oxygen atoms in total. The zero-order valence-electron chi connectivity index (χ0n) is 8.23. The Morgan fingerprint density at radius 2 is 2.23 bits per heavy atom. The molecule has 2 aliphatic rings. The fraction of sp³-hybridized carbons (Fsp3) is 0.900. The summed E-state index contributed by atoms with van der Waals surface area (Å²) < 4.78 is 5.08. The van der Waals surface area contributed by atoms with Gasteiger partial charge in [-0.2, -0.15) is 0 Å². The fourth-order valence-electron chi connectivity index (χ4n) is 3.23. The lowest BCUT2D eigenvalue weighted by Gasteiger charge is -2.21. The Hall–Kier alpha value is -0.730. The minimum Gasteiger partial charge on any atom is -0.482 e. The standard InChI is InChI=1S/C10H17NO2/c1-6-7-3-4-8(6)9(5-7)10(11-12)13-2/h6-9,12H,3-5H2,1-2H3/b11-10-. The van der Waals surface area contributed by atoms with Crippen LogP contribution in [0, 0.1) is 23.7 Å². The molecule has 74 valence electrons. The summed E-state index contributed by atoms with van der Waals surface area (Å²) in [6, 6.07) is 0. The molecular weight excluding hydrogens is 166 g/mol. The summed E-state index contributed by atoms with van der Waals surface area (Å²) in [5.74, 6) is 3.23. The van der Waals surface area contributed by atoms with Gasteiger partial charge in [0.25, 0.3) is 0 Å². The number of hydrogen-bond acceptors (Lipinski definition) is 3. The van der Waals surface area contributed by atoms with Gasteiger partial charge in [0.15, 0.2) is 0 Å². The quantitative estimate of drug-likeness (QED) is 0.293. The number of oxime groups is 1. The maximum atomic E-state index is 8.76. The maximum absolute atomic E-state index is 8.76. The molecule has 2 saturated carbocycles. The van der Waals surface area contributed by atoms with E-state index in [4.69, 9.17) is 9.94 Å². The smallest absolute Gasteiger partial charge is 0.228 e. The van der Waals surface area contributed by atoms with E-state index in [1.807, 2.05) is 0 Å². The second-order valence-electron chi connectivity index (χ2n) is 4.34. The van der Waals surface area contributed by atoms with E-state index in [0.29, 0.717) is 17.7 Å². The van der Waals surface area contributed by atoms with Crippen molar-refractivity contribution in [2.45, 2.75) is 26.2 Å². The lowest BCUT2D eigenvalue weighted by atomic mass is 9.88. The largest absolute Gasteiger partial charge is 0.482 e. The Bertz CT molecular complexity index is 227. The number of fused-ring (bicyclic) bond motifs is 2. The molecule has 1 N–H and O–H groups in total. The Labute approximate surface area is 78.8 Å². The molecular formula is C10H17NO2. The van der Waals surface area contributed by atoms with Crippen molar-refractivity contribution in [1.29, 1.82) is 0 Å². The van der Waals surface area contributed by atoms with Gasteiger partial charge in [0.1, 0.15) is 0 Å². The third-order valence-electron chi connectivity index (χ3n) is 3.99. The van der Waals surface area contributed by atoms with Gasteiger partial charge in [-0.15, -0.1) is 0 Å². The summed E-state index contributed by atoms with van der Waals surface area (Å²) in [5.41, 5.74) is 0. The lowest BCUT2D eigenvalue weighted by Crippen LogP contribution is -2.23. The average Bonchev–Trinajstić information content (AvgIpc) is 2.64. The van der Waals surface area contributed by atoms with Gasteiger partial charge >= 0.3 is 0 Å². The van der Waals surface area contributed by atoms with Gasteiger partial charge < -0.3 is 9.94 Å². The first-order valence-electron chi connectivity index (χ1n) is 5.03. The summed E-state index contributed by atoms with van der Waals surface area (Å²) in [6.07, 6.45) is 3.78. The zero-order chi connectivity index (χ0) is 9.42. The first-order chi connectivity index (χ1) is 6.27. The van der Waals surface area contributed by atoms with Gasteiger partial charge in [-0.05, 0) is 37.0 Å². The van der Waals surface area contributed by atoms with Crippen LogP contribution in [-0.4, -0.2) is 18.2 Å². The van der Waals surface area contributed by atoms with Crippen molar-refractivity contribution in [2.24, 2.45) is 28.8 Å². The molecule has 0 aliphatic heterocycles.